The van der Waals surface area contributed by atoms with E-state index in [4.69, 9.17) is 4.74 Å². The Hall–Kier alpha value is -3.15. The number of benzene rings is 2. The second-order valence-electron chi connectivity index (χ2n) is 11.2. The van der Waals surface area contributed by atoms with Crippen LogP contribution in [0, 0.1) is 30.1 Å². The zero-order valence-electron chi connectivity index (χ0n) is 20.5. The fraction of sp³-hybridized carbons (Fsp3) is 0.483. The monoisotopic (exact) mass is 471 g/mol. The van der Waals surface area contributed by atoms with Gasteiger partial charge in [-0.3, -0.25) is 9.36 Å². The average molecular weight is 472 g/mol. The van der Waals surface area contributed by atoms with Gasteiger partial charge in [0.1, 0.15) is 5.82 Å². The van der Waals surface area contributed by atoms with Crippen molar-refractivity contribution in [2.75, 3.05) is 6.61 Å². The van der Waals surface area contributed by atoms with Gasteiger partial charge in [-0.1, -0.05) is 18.2 Å². The maximum absolute atomic E-state index is 12.7. The zero-order chi connectivity index (χ0) is 24.2. The minimum absolute atomic E-state index is 0.114. The summed E-state index contributed by atoms with van der Waals surface area (Å²) < 4.78 is 7.45. The maximum atomic E-state index is 12.7. The van der Waals surface area contributed by atoms with E-state index in [1.165, 1.54) is 38.5 Å². The van der Waals surface area contributed by atoms with Gasteiger partial charge in [0.15, 0.2) is 6.61 Å². The van der Waals surface area contributed by atoms with E-state index in [-0.39, 0.29) is 24.0 Å². The van der Waals surface area contributed by atoms with E-state index in [2.05, 4.69) is 21.8 Å². The Bertz CT molecular complexity index is 1240. The molecule has 1 unspecified atom stereocenters. The van der Waals surface area contributed by atoms with Crippen molar-refractivity contribution in [1.29, 1.82) is 0 Å². The molecule has 1 amide bonds. The number of rotatable bonds is 6. The predicted octanol–water partition coefficient (Wildman–Crippen LogP) is 5.21. The number of aromatic nitrogens is 2. The number of hydrogen-bond acceptors (Lipinski definition) is 4. The van der Waals surface area contributed by atoms with Gasteiger partial charge in [-0.2, -0.15) is 0 Å². The first-order chi connectivity index (χ1) is 16.9. The van der Waals surface area contributed by atoms with Crippen LogP contribution in [0.5, 0.6) is 0 Å². The summed E-state index contributed by atoms with van der Waals surface area (Å²) in [5, 5.41) is 3.17. The molecule has 0 aliphatic heterocycles. The van der Waals surface area contributed by atoms with Crippen molar-refractivity contribution < 1.29 is 14.3 Å². The van der Waals surface area contributed by atoms with Crippen molar-refractivity contribution in [3.05, 3.63) is 59.9 Å². The summed E-state index contributed by atoms with van der Waals surface area (Å²) in [6.45, 7) is 3.83. The Balaban J connectivity index is 1.10. The molecule has 0 spiro atoms. The number of fused-ring (bicyclic) bond motifs is 1. The fourth-order valence-corrected chi connectivity index (χ4v) is 7.59. The normalized spacial score (nSPS) is 27.7. The van der Waals surface area contributed by atoms with E-state index in [1.54, 1.807) is 12.1 Å². The zero-order valence-corrected chi connectivity index (χ0v) is 20.5. The number of imidazole rings is 1. The molecule has 6 heteroatoms. The van der Waals surface area contributed by atoms with Crippen LogP contribution in [-0.4, -0.2) is 34.1 Å². The molecule has 1 atom stereocenters. The van der Waals surface area contributed by atoms with Crippen LogP contribution in [0.3, 0.4) is 0 Å². The number of para-hydroxylation sites is 1. The largest absolute Gasteiger partial charge is 0.452 e. The quantitative estimate of drug-likeness (QED) is 0.501. The minimum Gasteiger partial charge on any atom is -0.452 e. The summed E-state index contributed by atoms with van der Waals surface area (Å²) in [6.07, 6.45) is 7.83. The molecule has 1 heterocycles. The topological polar surface area (TPSA) is 73.2 Å². The van der Waals surface area contributed by atoms with Crippen LogP contribution < -0.4 is 5.32 Å². The predicted molar refractivity (Wildman–Crippen MR) is 134 cm³/mol. The van der Waals surface area contributed by atoms with Gasteiger partial charge in [0, 0.05) is 11.7 Å². The van der Waals surface area contributed by atoms with Crippen LogP contribution in [0.2, 0.25) is 0 Å². The minimum atomic E-state index is -0.503. The molecule has 4 aliphatic carbocycles. The standard InChI is InChI=1S/C29H33N3O3/c1-18(29-14-20-10-21(15-29)12-22(11-20)16-29)30-27(33)17-35-28(34)23-8-9-26-25(13-23)31-19(2)32(26)24-6-4-3-5-7-24/h3-9,13,18,20-22H,10-12,14-17H2,1-2H3,(H,30,33). The van der Waals surface area contributed by atoms with Crippen molar-refractivity contribution in [1.82, 2.24) is 14.9 Å². The van der Waals surface area contributed by atoms with Crippen LogP contribution in [0.4, 0.5) is 0 Å². The van der Waals surface area contributed by atoms with Crippen LogP contribution in [0.15, 0.2) is 48.5 Å². The lowest BCUT2D eigenvalue weighted by molar-refractivity contribution is -0.128. The molecule has 4 aliphatic rings. The average Bonchev–Trinajstić information content (AvgIpc) is 3.17. The molecule has 1 aromatic heterocycles. The van der Waals surface area contributed by atoms with E-state index in [0.717, 1.165) is 40.3 Å². The second kappa shape index (κ2) is 8.51. The molecule has 4 saturated carbocycles. The lowest BCUT2D eigenvalue weighted by atomic mass is 9.48. The molecule has 1 N–H and O–H groups in total. The van der Waals surface area contributed by atoms with Crippen LogP contribution in [-0.2, 0) is 9.53 Å². The number of esters is 1. The third-order valence-electron chi connectivity index (χ3n) is 8.79. The molecule has 7 rings (SSSR count). The SMILES string of the molecule is Cc1nc2cc(C(=O)OCC(=O)NC(C)C34CC5CC(CC(C5)C3)C4)ccc2n1-c1ccccc1. The van der Waals surface area contributed by atoms with Crippen LogP contribution in [0.25, 0.3) is 16.7 Å². The summed E-state index contributed by atoms with van der Waals surface area (Å²) in [7, 11) is 0. The number of ether oxygens (including phenoxy) is 1. The molecular weight excluding hydrogens is 438 g/mol. The fourth-order valence-electron chi connectivity index (χ4n) is 7.59. The van der Waals surface area contributed by atoms with Crippen molar-refractivity contribution in [3.63, 3.8) is 0 Å². The Morgan fingerprint density at radius 3 is 2.37 bits per heavy atom. The first-order valence-corrected chi connectivity index (χ1v) is 12.9. The van der Waals surface area contributed by atoms with Crippen molar-refractivity contribution >= 4 is 22.9 Å². The first-order valence-electron chi connectivity index (χ1n) is 12.9. The number of hydrogen-bond donors (Lipinski definition) is 1. The van der Waals surface area contributed by atoms with E-state index in [1.807, 2.05) is 43.3 Å². The lowest BCUT2D eigenvalue weighted by Gasteiger charge is -2.59. The molecule has 6 nitrogen and oxygen atoms in total. The smallest absolute Gasteiger partial charge is 0.338 e. The van der Waals surface area contributed by atoms with Crippen LogP contribution in [0.1, 0.15) is 61.6 Å². The van der Waals surface area contributed by atoms with Crippen molar-refractivity contribution in [2.24, 2.45) is 23.2 Å². The third-order valence-corrected chi connectivity index (χ3v) is 8.79. The van der Waals surface area contributed by atoms with Gasteiger partial charge in [0.25, 0.3) is 5.91 Å². The van der Waals surface area contributed by atoms with E-state index in [9.17, 15) is 9.59 Å². The highest BCUT2D eigenvalue weighted by Gasteiger charge is 2.53. The second-order valence-corrected chi connectivity index (χ2v) is 11.2. The van der Waals surface area contributed by atoms with Gasteiger partial charge in [0.05, 0.1) is 16.6 Å². The summed E-state index contributed by atoms with van der Waals surface area (Å²) in [5.74, 6) is 2.63. The summed E-state index contributed by atoms with van der Waals surface area (Å²) in [5.41, 5.74) is 3.30. The molecule has 35 heavy (non-hydrogen) atoms. The van der Waals surface area contributed by atoms with E-state index < -0.39 is 5.97 Å². The number of nitrogens with one attached hydrogen (secondary N) is 1. The number of carbonyl (C=O) groups excluding carboxylic acids is 2. The number of nitrogens with zero attached hydrogens (tertiary/aromatic N) is 2. The first kappa shape index (κ1) is 22.3. The van der Waals surface area contributed by atoms with E-state index >= 15 is 0 Å². The number of amides is 1. The highest BCUT2D eigenvalue weighted by atomic mass is 16.5. The molecule has 2 aromatic carbocycles. The number of carbonyl (C=O) groups is 2. The summed E-state index contributed by atoms with van der Waals surface area (Å²) in [4.78, 5) is 30.1. The van der Waals surface area contributed by atoms with Gasteiger partial charge >= 0.3 is 5.97 Å². The number of aryl methyl sites for hydroxylation is 1. The molecular formula is C29H33N3O3. The Labute approximate surface area is 206 Å². The molecule has 0 saturated heterocycles. The molecule has 182 valence electrons. The van der Waals surface area contributed by atoms with Gasteiger partial charge in [-0.25, -0.2) is 9.78 Å². The highest BCUT2D eigenvalue weighted by molar-refractivity contribution is 5.95. The van der Waals surface area contributed by atoms with E-state index in [0.29, 0.717) is 5.56 Å². The summed E-state index contributed by atoms with van der Waals surface area (Å²) >= 11 is 0. The van der Waals surface area contributed by atoms with Crippen molar-refractivity contribution in [3.8, 4) is 5.69 Å². The molecule has 4 fully saturated rings. The lowest BCUT2D eigenvalue weighted by Crippen LogP contribution is -2.56. The van der Waals surface area contributed by atoms with Crippen LogP contribution >= 0.6 is 0 Å². The molecule has 4 bridgehead atoms. The summed E-state index contributed by atoms with van der Waals surface area (Å²) in [6, 6.07) is 15.5. The molecule has 3 aromatic rings. The Morgan fingerprint density at radius 1 is 1.06 bits per heavy atom. The van der Waals surface area contributed by atoms with Gasteiger partial charge in [0.2, 0.25) is 0 Å². The van der Waals surface area contributed by atoms with Gasteiger partial charge in [-0.05, 0) is 106 Å². The maximum Gasteiger partial charge on any atom is 0.338 e. The Kier molecular flexibility index (Phi) is 5.42. The van der Waals surface area contributed by atoms with Gasteiger partial charge in [-0.15, -0.1) is 0 Å². The molecule has 0 radical (unpaired) electrons. The third kappa shape index (κ3) is 4.03. The van der Waals surface area contributed by atoms with Gasteiger partial charge < -0.3 is 10.1 Å². The highest BCUT2D eigenvalue weighted by Crippen LogP contribution is 2.61. The Morgan fingerprint density at radius 2 is 1.71 bits per heavy atom. The van der Waals surface area contributed by atoms with Crippen molar-refractivity contribution in [2.45, 2.75) is 58.4 Å².